The van der Waals surface area contributed by atoms with Crippen LogP contribution >= 0.6 is 0 Å². The zero-order valence-corrected chi connectivity index (χ0v) is 15.7. The summed E-state index contributed by atoms with van der Waals surface area (Å²) in [4.78, 5) is 25.7. The number of sulfonamides is 1. The van der Waals surface area contributed by atoms with Crippen LogP contribution in [-0.2, 0) is 31.3 Å². The molecule has 2 fully saturated rings. The number of aromatic nitrogens is 1. The first-order valence-electron chi connectivity index (χ1n) is 8.50. The van der Waals surface area contributed by atoms with Gasteiger partial charge < -0.3 is 18.9 Å². The van der Waals surface area contributed by atoms with Crippen LogP contribution in [0.4, 0.5) is 0 Å². The van der Waals surface area contributed by atoms with E-state index in [0.29, 0.717) is 19.7 Å². The minimum Gasteiger partial charge on any atom is -0.464 e. The van der Waals surface area contributed by atoms with Gasteiger partial charge in [-0.2, -0.15) is 4.31 Å². The van der Waals surface area contributed by atoms with Crippen LogP contribution in [0.5, 0.6) is 0 Å². The Morgan fingerprint density at radius 2 is 1.92 bits per heavy atom. The molecule has 2 aliphatic heterocycles. The molecule has 3 heterocycles. The van der Waals surface area contributed by atoms with Crippen molar-refractivity contribution >= 4 is 21.9 Å². The Labute approximate surface area is 152 Å². The van der Waals surface area contributed by atoms with Crippen molar-refractivity contribution in [3.8, 4) is 0 Å². The number of carbonyl (C=O) groups excluding carboxylic acids is 2. The third-order valence-corrected chi connectivity index (χ3v) is 6.63. The Bertz CT molecular complexity index is 789. The Morgan fingerprint density at radius 1 is 1.23 bits per heavy atom. The van der Waals surface area contributed by atoms with E-state index in [0.717, 1.165) is 12.8 Å². The maximum atomic E-state index is 12.8. The van der Waals surface area contributed by atoms with Crippen molar-refractivity contribution in [3.63, 3.8) is 0 Å². The summed E-state index contributed by atoms with van der Waals surface area (Å²) in [6, 6.07) is 1.31. The zero-order valence-electron chi connectivity index (χ0n) is 14.9. The molecule has 2 saturated heterocycles. The van der Waals surface area contributed by atoms with Crippen LogP contribution < -0.4 is 0 Å². The predicted octanol–water partition coefficient (Wildman–Crippen LogP) is -0.176. The van der Waals surface area contributed by atoms with Gasteiger partial charge >= 0.3 is 5.97 Å². The Balaban J connectivity index is 1.68. The van der Waals surface area contributed by atoms with Crippen molar-refractivity contribution in [1.82, 2.24) is 13.8 Å². The maximum absolute atomic E-state index is 12.8. The summed E-state index contributed by atoms with van der Waals surface area (Å²) >= 11 is 0. The molecule has 0 aromatic carbocycles. The monoisotopic (exact) mass is 385 g/mol. The largest absolute Gasteiger partial charge is 0.464 e. The highest BCUT2D eigenvalue weighted by molar-refractivity contribution is 7.89. The van der Waals surface area contributed by atoms with Gasteiger partial charge in [0.2, 0.25) is 10.0 Å². The molecule has 1 unspecified atom stereocenters. The molecule has 0 saturated carbocycles. The van der Waals surface area contributed by atoms with Gasteiger partial charge in [0.1, 0.15) is 16.7 Å². The van der Waals surface area contributed by atoms with Gasteiger partial charge in [0.05, 0.1) is 7.11 Å². The fourth-order valence-electron chi connectivity index (χ4n) is 3.26. The Hall–Kier alpha value is -1.91. The number of piperazine rings is 1. The zero-order chi connectivity index (χ0) is 18.9. The lowest BCUT2D eigenvalue weighted by Crippen LogP contribution is -2.52. The first-order valence-corrected chi connectivity index (χ1v) is 9.94. The first-order chi connectivity index (χ1) is 12.3. The molecule has 10 heteroatoms. The summed E-state index contributed by atoms with van der Waals surface area (Å²) in [6.45, 7) is 1.68. The Kier molecular flexibility index (Phi) is 5.35. The second-order valence-corrected chi connectivity index (χ2v) is 8.33. The lowest BCUT2D eigenvalue weighted by Gasteiger charge is -2.34. The van der Waals surface area contributed by atoms with E-state index >= 15 is 0 Å². The van der Waals surface area contributed by atoms with E-state index in [-0.39, 0.29) is 29.6 Å². The number of hydrogen-bond acceptors (Lipinski definition) is 6. The van der Waals surface area contributed by atoms with Gasteiger partial charge in [-0.25, -0.2) is 13.2 Å². The molecule has 0 aliphatic carbocycles. The summed E-state index contributed by atoms with van der Waals surface area (Å²) in [5, 5.41) is 0. The van der Waals surface area contributed by atoms with Crippen LogP contribution in [0.3, 0.4) is 0 Å². The van der Waals surface area contributed by atoms with Crippen molar-refractivity contribution < 1.29 is 27.5 Å². The van der Waals surface area contributed by atoms with Crippen molar-refractivity contribution in [1.29, 1.82) is 0 Å². The molecule has 0 radical (unpaired) electrons. The molecular formula is C16H23N3O6S. The topological polar surface area (TPSA) is 98.2 Å². The highest BCUT2D eigenvalue weighted by Crippen LogP contribution is 2.22. The first kappa shape index (κ1) is 18.9. The molecule has 1 aromatic heterocycles. The molecule has 1 amide bonds. The number of methoxy groups -OCH3 is 1. The summed E-state index contributed by atoms with van der Waals surface area (Å²) in [5.74, 6) is -0.659. The fourth-order valence-corrected chi connectivity index (χ4v) is 4.75. The fraction of sp³-hybridized carbons (Fsp3) is 0.625. The van der Waals surface area contributed by atoms with Crippen LogP contribution in [0.25, 0.3) is 0 Å². The predicted molar refractivity (Wildman–Crippen MR) is 91.1 cm³/mol. The summed E-state index contributed by atoms with van der Waals surface area (Å²) < 4.78 is 38.5. The van der Waals surface area contributed by atoms with Crippen LogP contribution in [-0.4, -0.2) is 80.1 Å². The highest BCUT2D eigenvalue weighted by Gasteiger charge is 2.34. The molecule has 3 rings (SSSR count). The average Bonchev–Trinajstić information content (AvgIpc) is 3.30. The minimum atomic E-state index is -3.74. The number of aryl methyl sites for hydroxylation is 1. The average molecular weight is 385 g/mol. The summed E-state index contributed by atoms with van der Waals surface area (Å²) in [6.07, 6.45) is 2.60. The van der Waals surface area contributed by atoms with Gasteiger partial charge in [0.15, 0.2) is 0 Å². The molecule has 9 nitrogen and oxygen atoms in total. The molecule has 1 aromatic rings. The van der Waals surface area contributed by atoms with E-state index < -0.39 is 22.1 Å². The number of amides is 1. The standard InChI is InChI=1S/C16H23N3O6S/c1-17-11-12(10-13(17)16(21)24-2)26(22,23)19-7-5-18(6-8-19)15(20)14-4-3-9-25-14/h10-11,14H,3-9H2,1-2H3. The molecule has 0 spiro atoms. The van der Waals surface area contributed by atoms with Crippen molar-refractivity contribution in [2.75, 3.05) is 39.9 Å². The number of ether oxygens (including phenoxy) is 2. The van der Waals surface area contributed by atoms with E-state index in [1.165, 1.54) is 28.2 Å². The van der Waals surface area contributed by atoms with Crippen LogP contribution in [0.1, 0.15) is 23.3 Å². The van der Waals surface area contributed by atoms with Crippen LogP contribution in [0.15, 0.2) is 17.2 Å². The third kappa shape index (κ3) is 3.49. The lowest BCUT2D eigenvalue weighted by atomic mass is 10.2. The second kappa shape index (κ2) is 7.37. The number of hydrogen-bond donors (Lipinski definition) is 0. The summed E-state index contributed by atoms with van der Waals surface area (Å²) in [7, 11) is -0.907. The third-order valence-electron chi connectivity index (χ3n) is 4.77. The molecular weight excluding hydrogens is 362 g/mol. The van der Waals surface area contributed by atoms with Gasteiger partial charge in [-0.15, -0.1) is 0 Å². The summed E-state index contributed by atoms with van der Waals surface area (Å²) in [5.41, 5.74) is 0.165. The van der Waals surface area contributed by atoms with Crippen molar-refractivity contribution in [3.05, 3.63) is 18.0 Å². The maximum Gasteiger partial charge on any atom is 0.354 e. The van der Waals surface area contributed by atoms with Crippen molar-refractivity contribution in [2.24, 2.45) is 7.05 Å². The molecule has 26 heavy (non-hydrogen) atoms. The smallest absolute Gasteiger partial charge is 0.354 e. The van der Waals surface area contributed by atoms with Crippen molar-refractivity contribution in [2.45, 2.75) is 23.8 Å². The van der Waals surface area contributed by atoms with E-state index in [4.69, 9.17) is 4.74 Å². The van der Waals surface area contributed by atoms with Crippen LogP contribution in [0, 0.1) is 0 Å². The molecule has 2 aliphatic rings. The van der Waals surface area contributed by atoms with E-state index in [1.54, 1.807) is 11.9 Å². The van der Waals surface area contributed by atoms with E-state index in [2.05, 4.69) is 4.74 Å². The number of carbonyl (C=O) groups is 2. The number of rotatable bonds is 4. The SMILES string of the molecule is COC(=O)c1cc(S(=O)(=O)N2CCN(C(=O)C3CCCO3)CC2)cn1C. The molecule has 1 atom stereocenters. The Morgan fingerprint density at radius 3 is 2.50 bits per heavy atom. The van der Waals surface area contributed by atoms with Gasteiger partial charge in [-0.3, -0.25) is 4.79 Å². The molecule has 144 valence electrons. The molecule has 0 bridgehead atoms. The number of nitrogens with zero attached hydrogens (tertiary/aromatic N) is 3. The second-order valence-electron chi connectivity index (χ2n) is 6.39. The van der Waals surface area contributed by atoms with Gasteiger partial charge in [0.25, 0.3) is 5.91 Å². The van der Waals surface area contributed by atoms with Gasteiger partial charge in [0, 0.05) is 46.0 Å². The normalized spacial score (nSPS) is 21.8. The van der Waals surface area contributed by atoms with Gasteiger partial charge in [-0.05, 0) is 18.9 Å². The van der Waals surface area contributed by atoms with Crippen LogP contribution in [0.2, 0.25) is 0 Å². The highest BCUT2D eigenvalue weighted by atomic mass is 32.2. The number of esters is 1. The lowest BCUT2D eigenvalue weighted by molar-refractivity contribution is -0.142. The molecule has 0 N–H and O–H groups in total. The van der Waals surface area contributed by atoms with E-state index in [9.17, 15) is 18.0 Å². The van der Waals surface area contributed by atoms with E-state index in [1.807, 2.05) is 0 Å². The van der Waals surface area contributed by atoms with Gasteiger partial charge in [-0.1, -0.05) is 0 Å². The quantitative estimate of drug-likeness (QED) is 0.667. The minimum absolute atomic E-state index is 0.0410.